The number of benzene rings is 2. The maximum Gasteiger partial charge on any atom is 0.292 e. The Balaban J connectivity index is 1.56. The zero-order valence-electron chi connectivity index (χ0n) is 13.3. The van der Waals surface area contributed by atoms with Gasteiger partial charge < -0.3 is 5.32 Å². The second-order valence-corrected chi connectivity index (χ2v) is 6.91. The number of hydrogen-bond donors (Lipinski definition) is 1. The largest absolute Gasteiger partial charge is 0.377 e. The zero-order valence-corrected chi connectivity index (χ0v) is 14.9. The number of halogens is 1. The number of hydrogen-bond acceptors (Lipinski definition) is 4. The first-order valence-corrected chi connectivity index (χ1v) is 8.88. The normalized spacial score (nSPS) is 16.0. The summed E-state index contributed by atoms with van der Waals surface area (Å²) in [7, 11) is 0. The molecule has 1 fully saturated rings. The van der Waals surface area contributed by atoms with Crippen LogP contribution in [0.15, 0.2) is 53.0 Å². The molecule has 1 aliphatic rings. The maximum absolute atomic E-state index is 11.1. The van der Waals surface area contributed by atoms with Gasteiger partial charge in [0.05, 0.1) is 4.92 Å². The molecule has 126 valence electrons. The Morgan fingerprint density at radius 2 is 1.79 bits per heavy atom. The van der Waals surface area contributed by atoms with Crippen LogP contribution in [0, 0.1) is 10.1 Å². The van der Waals surface area contributed by atoms with Gasteiger partial charge in [0.1, 0.15) is 5.69 Å². The average molecular weight is 390 g/mol. The molecule has 6 heteroatoms. The topological polar surface area (TPSA) is 58.4 Å². The first kappa shape index (κ1) is 16.9. The molecule has 3 rings (SSSR count). The predicted molar refractivity (Wildman–Crippen MR) is 99.2 cm³/mol. The molecule has 0 atom stereocenters. The van der Waals surface area contributed by atoms with E-state index in [9.17, 15) is 10.1 Å². The van der Waals surface area contributed by atoms with E-state index in [1.165, 1.54) is 5.56 Å². The van der Waals surface area contributed by atoms with Crippen LogP contribution in [0.25, 0.3) is 0 Å². The van der Waals surface area contributed by atoms with E-state index in [4.69, 9.17) is 0 Å². The van der Waals surface area contributed by atoms with Crippen molar-refractivity contribution in [1.29, 1.82) is 0 Å². The fourth-order valence-electron chi connectivity index (χ4n) is 3.08. The molecule has 0 bridgehead atoms. The Kier molecular flexibility index (Phi) is 5.48. The van der Waals surface area contributed by atoms with E-state index in [1.807, 2.05) is 12.1 Å². The molecular weight excluding hydrogens is 370 g/mol. The third-order valence-corrected chi connectivity index (χ3v) is 5.17. The van der Waals surface area contributed by atoms with Crippen LogP contribution in [-0.4, -0.2) is 29.0 Å². The zero-order chi connectivity index (χ0) is 16.9. The van der Waals surface area contributed by atoms with E-state index >= 15 is 0 Å². The third-order valence-electron chi connectivity index (χ3n) is 4.40. The highest BCUT2D eigenvalue weighted by Crippen LogP contribution is 2.27. The minimum absolute atomic E-state index is 0.146. The highest BCUT2D eigenvalue weighted by atomic mass is 79.9. The van der Waals surface area contributed by atoms with Gasteiger partial charge in [-0.05, 0) is 30.5 Å². The monoisotopic (exact) mass is 389 g/mol. The van der Waals surface area contributed by atoms with Gasteiger partial charge in [-0.3, -0.25) is 15.0 Å². The van der Waals surface area contributed by atoms with Gasteiger partial charge in [0.15, 0.2) is 0 Å². The summed E-state index contributed by atoms with van der Waals surface area (Å²) in [5, 5.41) is 14.5. The van der Waals surface area contributed by atoms with Crippen molar-refractivity contribution in [3.8, 4) is 0 Å². The molecule has 2 aromatic rings. The molecule has 0 unspecified atom stereocenters. The Morgan fingerprint density at radius 1 is 1.12 bits per heavy atom. The lowest BCUT2D eigenvalue weighted by molar-refractivity contribution is -0.384. The summed E-state index contributed by atoms with van der Waals surface area (Å²) >= 11 is 3.60. The summed E-state index contributed by atoms with van der Waals surface area (Å²) in [5.74, 6) is 0. The summed E-state index contributed by atoms with van der Waals surface area (Å²) in [6.07, 6.45) is 1.97. The van der Waals surface area contributed by atoms with E-state index in [0.29, 0.717) is 5.69 Å². The van der Waals surface area contributed by atoms with E-state index in [-0.39, 0.29) is 16.7 Å². The molecule has 2 aromatic carbocycles. The van der Waals surface area contributed by atoms with Crippen molar-refractivity contribution >= 4 is 27.3 Å². The second-order valence-electron chi connectivity index (χ2n) is 6.06. The molecule has 0 aliphatic carbocycles. The number of nitrogens with one attached hydrogen (secondary N) is 1. The van der Waals surface area contributed by atoms with Crippen molar-refractivity contribution in [2.24, 2.45) is 0 Å². The summed E-state index contributed by atoms with van der Waals surface area (Å²) in [6, 6.07) is 15.4. The van der Waals surface area contributed by atoms with Crippen LogP contribution in [0.2, 0.25) is 0 Å². The van der Waals surface area contributed by atoms with Crippen molar-refractivity contribution in [2.75, 3.05) is 18.4 Å². The number of nitro benzene ring substituents is 1. The van der Waals surface area contributed by atoms with Crippen molar-refractivity contribution in [3.05, 3.63) is 68.7 Å². The lowest BCUT2D eigenvalue weighted by Crippen LogP contribution is -2.38. The Bertz CT molecular complexity index is 715. The molecule has 0 saturated carbocycles. The minimum atomic E-state index is -0.329. The fraction of sp³-hybridized carbons (Fsp3) is 0.333. The second kappa shape index (κ2) is 7.77. The van der Waals surface area contributed by atoms with E-state index in [1.54, 1.807) is 18.2 Å². The summed E-state index contributed by atoms with van der Waals surface area (Å²) < 4.78 is 1.14. The van der Waals surface area contributed by atoms with E-state index < -0.39 is 0 Å². The lowest BCUT2D eigenvalue weighted by Gasteiger charge is -2.33. The van der Waals surface area contributed by atoms with Gasteiger partial charge in [0.25, 0.3) is 5.69 Å². The van der Waals surface area contributed by atoms with E-state index in [2.05, 4.69) is 44.3 Å². The number of anilines is 1. The number of para-hydroxylation sites is 2. The molecule has 0 radical (unpaired) electrons. The standard InChI is InChI=1S/C18H20BrN3O2/c19-16-6-2-1-5-14(16)13-21-11-9-15(10-12-21)20-17-7-3-4-8-18(17)22(23)24/h1-8,15,20H,9-13H2. The van der Waals surface area contributed by atoms with Crippen LogP contribution in [0.3, 0.4) is 0 Å². The van der Waals surface area contributed by atoms with Crippen molar-refractivity contribution in [2.45, 2.75) is 25.4 Å². The summed E-state index contributed by atoms with van der Waals surface area (Å²) in [5.41, 5.74) is 2.06. The van der Waals surface area contributed by atoms with Crippen LogP contribution in [0.5, 0.6) is 0 Å². The number of rotatable bonds is 5. The maximum atomic E-state index is 11.1. The van der Waals surface area contributed by atoms with Crippen LogP contribution < -0.4 is 5.32 Å². The first-order valence-electron chi connectivity index (χ1n) is 8.09. The van der Waals surface area contributed by atoms with Crippen molar-refractivity contribution < 1.29 is 4.92 Å². The molecule has 1 aliphatic heterocycles. The fourth-order valence-corrected chi connectivity index (χ4v) is 3.49. The average Bonchev–Trinajstić information content (AvgIpc) is 2.59. The van der Waals surface area contributed by atoms with Gasteiger partial charge in [-0.1, -0.05) is 46.3 Å². The number of piperidine rings is 1. The van der Waals surface area contributed by atoms with Crippen LogP contribution in [0.1, 0.15) is 18.4 Å². The van der Waals surface area contributed by atoms with Gasteiger partial charge in [-0.15, -0.1) is 0 Å². The SMILES string of the molecule is O=[N+]([O-])c1ccccc1NC1CCN(Cc2ccccc2Br)CC1. The summed E-state index contributed by atoms with van der Waals surface area (Å²) in [4.78, 5) is 13.2. The van der Waals surface area contributed by atoms with Crippen molar-refractivity contribution in [3.63, 3.8) is 0 Å². The van der Waals surface area contributed by atoms with Gasteiger partial charge >= 0.3 is 0 Å². The minimum Gasteiger partial charge on any atom is -0.377 e. The first-order chi connectivity index (χ1) is 11.6. The third kappa shape index (κ3) is 4.13. The van der Waals surface area contributed by atoms with Gasteiger partial charge in [-0.25, -0.2) is 0 Å². The quantitative estimate of drug-likeness (QED) is 0.606. The molecule has 1 saturated heterocycles. The highest BCUT2D eigenvalue weighted by molar-refractivity contribution is 9.10. The lowest BCUT2D eigenvalue weighted by atomic mass is 10.0. The molecule has 1 N–H and O–H groups in total. The Hall–Kier alpha value is -1.92. The van der Waals surface area contributed by atoms with Gasteiger partial charge in [-0.2, -0.15) is 0 Å². The van der Waals surface area contributed by atoms with Crippen molar-refractivity contribution in [1.82, 2.24) is 4.90 Å². The number of nitrogens with zero attached hydrogens (tertiary/aromatic N) is 2. The van der Waals surface area contributed by atoms with Gasteiger partial charge in [0, 0.05) is 36.2 Å². The Morgan fingerprint density at radius 3 is 2.50 bits per heavy atom. The molecule has 5 nitrogen and oxygen atoms in total. The molecular formula is C18H20BrN3O2. The van der Waals surface area contributed by atoms with Gasteiger partial charge in [0.2, 0.25) is 0 Å². The number of nitro groups is 1. The molecule has 1 heterocycles. The van der Waals surface area contributed by atoms with Crippen LogP contribution in [0.4, 0.5) is 11.4 Å². The van der Waals surface area contributed by atoms with E-state index in [0.717, 1.165) is 36.9 Å². The smallest absolute Gasteiger partial charge is 0.292 e. The predicted octanol–water partition coefficient (Wildman–Crippen LogP) is 4.43. The summed E-state index contributed by atoms with van der Waals surface area (Å²) in [6.45, 7) is 2.90. The van der Waals surface area contributed by atoms with Crippen LogP contribution >= 0.6 is 15.9 Å². The highest BCUT2D eigenvalue weighted by Gasteiger charge is 2.22. The molecule has 0 spiro atoms. The number of likely N-dealkylation sites (tertiary alicyclic amines) is 1. The molecule has 0 amide bonds. The Labute approximate surface area is 150 Å². The molecule has 24 heavy (non-hydrogen) atoms. The molecule has 0 aromatic heterocycles. The van der Waals surface area contributed by atoms with Crippen LogP contribution in [-0.2, 0) is 6.54 Å².